The Balaban J connectivity index is 2.19. The summed E-state index contributed by atoms with van der Waals surface area (Å²) in [6.07, 6.45) is 0. The predicted octanol–water partition coefficient (Wildman–Crippen LogP) is 5.22. The van der Waals surface area contributed by atoms with Crippen molar-refractivity contribution in [3.8, 4) is 0 Å². The molecule has 20 heavy (non-hydrogen) atoms. The Bertz CT molecular complexity index is 627. The predicted molar refractivity (Wildman–Crippen MR) is 83.3 cm³/mol. The zero-order chi connectivity index (χ0) is 14.8. The molecule has 0 spiro atoms. The maximum atomic E-state index is 12.4. The topological polar surface area (TPSA) is 29.1 Å². The number of nitrogens with one attached hydrogen (secondary N) is 1. The van der Waals surface area contributed by atoms with Crippen LogP contribution in [-0.2, 0) is 0 Å². The first-order chi connectivity index (χ1) is 9.35. The van der Waals surface area contributed by atoms with Crippen LogP contribution in [0.3, 0.4) is 0 Å². The van der Waals surface area contributed by atoms with Gasteiger partial charge in [0.2, 0.25) is 0 Å². The second-order valence-electron chi connectivity index (χ2n) is 3.64. The maximum Gasteiger partial charge on any atom is 0.446 e. The van der Waals surface area contributed by atoms with E-state index in [-0.39, 0.29) is 22.3 Å². The molecule has 0 aliphatic rings. The van der Waals surface area contributed by atoms with Crippen LogP contribution in [0.15, 0.2) is 40.6 Å². The number of thiophene rings is 1. The van der Waals surface area contributed by atoms with Crippen molar-refractivity contribution in [1.82, 2.24) is 0 Å². The van der Waals surface area contributed by atoms with Crippen LogP contribution in [0.4, 0.5) is 18.9 Å². The lowest BCUT2D eigenvalue weighted by Crippen LogP contribution is -2.12. The summed E-state index contributed by atoms with van der Waals surface area (Å²) in [4.78, 5) is 11.9. The Hall–Kier alpha value is -0.740. The van der Waals surface area contributed by atoms with Crippen molar-refractivity contribution in [3.63, 3.8) is 0 Å². The molecule has 0 bridgehead atoms. The van der Waals surface area contributed by atoms with Crippen molar-refractivity contribution >= 4 is 57.3 Å². The molecule has 1 N–H and O–H groups in total. The number of hydrogen-bond acceptors (Lipinski definition) is 3. The monoisotopic (exact) mass is 429 g/mol. The Morgan fingerprint density at radius 2 is 2.00 bits per heavy atom. The third-order valence-corrected chi connectivity index (χ3v) is 4.79. The quantitative estimate of drug-likeness (QED) is 0.536. The number of halogens is 4. The first kappa shape index (κ1) is 15.6. The molecule has 0 saturated carbocycles. The molecule has 106 valence electrons. The molecule has 2 aromatic rings. The maximum absolute atomic E-state index is 12.4. The smallest absolute Gasteiger partial charge is 0.321 e. The zero-order valence-corrected chi connectivity index (χ0v) is 13.5. The van der Waals surface area contributed by atoms with Crippen molar-refractivity contribution in [2.75, 3.05) is 5.32 Å². The molecule has 0 aliphatic heterocycles. The molecular weight excluding hydrogens is 422 g/mol. The highest BCUT2D eigenvalue weighted by Crippen LogP contribution is 2.40. The second-order valence-corrected chi connectivity index (χ2v) is 7.55. The fourth-order valence-electron chi connectivity index (χ4n) is 1.41. The number of carbonyl (C=O) groups excluding carboxylic acids is 1. The highest BCUT2D eigenvalue weighted by atomic mass is 127. The molecular formula is C12H7F3INOS2. The van der Waals surface area contributed by atoms with Gasteiger partial charge >= 0.3 is 5.51 Å². The summed E-state index contributed by atoms with van der Waals surface area (Å²) < 4.78 is 38.2. The summed E-state index contributed by atoms with van der Waals surface area (Å²) in [5.41, 5.74) is -3.80. The van der Waals surface area contributed by atoms with Gasteiger partial charge in [-0.1, -0.05) is 12.1 Å². The highest BCUT2D eigenvalue weighted by Gasteiger charge is 2.30. The molecule has 0 unspecified atom stereocenters. The Labute approximate surface area is 134 Å². The van der Waals surface area contributed by atoms with E-state index < -0.39 is 11.4 Å². The van der Waals surface area contributed by atoms with Gasteiger partial charge < -0.3 is 5.32 Å². The van der Waals surface area contributed by atoms with E-state index in [4.69, 9.17) is 0 Å². The average Bonchev–Trinajstić information content (AvgIpc) is 2.77. The number of carbonyl (C=O) groups is 1. The number of hydrogen-bond donors (Lipinski definition) is 1. The van der Waals surface area contributed by atoms with E-state index >= 15 is 0 Å². The third-order valence-electron chi connectivity index (χ3n) is 2.19. The van der Waals surface area contributed by atoms with E-state index in [1.165, 1.54) is 29.5 Å². The first-order valence-electron chi connectivity index (χ1n) is 5.25. The summed E-state index contributed by atoms with van der Waals surface area (Å²) in [5, 5.41) is 4.17. The Morgan fingerprint density at radius 1 is 1.30 bits per heavy atom. The molecule has 0 aliphatic carbocycles. The van der Waals surface area contributed by atoms with Gasteiger partial charge in [0.15, 0.2) is 0 Å². The lowest BCUT2D eigenvalue weighted by molar-refractivity contribution is -0.0328. The Morgan fingerprint density at radius 3 is 2.60 bits per heavy atom. The van der Waals surface area contributed by atoms with Crippen molar-refractivity contribution in [2.45, 2.75) is 10.4 Å². The molecule has 1 aromatic carbocycles. The third kappa shape index (κ3) is 4.38. The van der Waals surface area contributed by atoms with Crippen LogP contribution >= 0.6 is 45.7 Å². The standard InChI is InChI=1S/C12H7F3INOS2/c13-12(14,15)20-9-4-2-1-3-8(9)17-11(18)7-5-10(16)19-6-7/h1-6H,(H,17,18). The molecule has 1 amide bonds. The van der Waals surface area contributed by atoms with Gasteiger partial charge in [-0.2, -0.15) is 13.2 Å². The van der Waals surface area contributed by atoms with Crippen LogP contribution in [0.1, 0.15) is 10.4 Å². The fourth-order valence-corrected chi connectivity index (χ4v) is 3.36. The Kier molecular flexibility index (Phi) is 4.97. The number of para-hydroxylation sites is 1. The van der Waals surface area contributed by atoms with E-state index in [0.717, 1.165) is 2.88 Å². The van der Waals surface area contributed by atoms with E-state index in [1.807, 2.05) is 0 Å². The van der Waals surface area contributed by atoms with Gasteiger partial charge in [0.25, 0.3) is 5.91 Å². The fraction of sp³-hybridized carbons (Fsp3) is 0.0833. The van der Waals surface area contributed by atoms with Crippen molar-refractivity contribution in [1.29, 1.82) is 0 Å². The minimum absolute atomic E-state index is 0.0294. The van der Waals surface area contributed by atoms with Gasteiger partial charge in [0.1, 0.15) is 0 Å². The van der Waals surface area contributed by atoms with Gasteiger partial charge in [0.05, 0.1) is 14.1 Å². The summed E-state index contributed by atoms with van der Waals surface area (Å²) in [7, 11) is 0. The van der Waals surface area contributed by atoms with Gasteiger partial charge in [-0.05, 0) is 52.6 Å². The molecule has 0 saturated heterocycles. The normalized spacial score (nSPS) is 11.4. The van der Waals surface area contributed by atoms with Gasteiger partial charge in [-0.15, -0.1) is 11.3 Å². The number of benzene rings is 1. The van der Waals surface area contributed by atoms with E-state index in [2.05, 4.69) is 27.9 Å². The van der Waals surface area contributed by atoms with Crippen molar-refractivity contribution in [2.24, 2.45) is 0 Å². The molecule has 0 atom stereocenters. The average molecular weight is 429 g/mol. The SMILES string of the molecule is O=C(Nc1ccccc1SC(F)(F)F)c1csc(I)c1. The van der Waals surface area contributed by atoms with E-state index in [1.54, 1.807) is 17.5 Å². The number of rotatable bonds is 3. The molecule has 2 nitrogen and oxygen atoms in total. The van der Waals surface area contributed by atoms with Crippen LogP contribution in [0.25, 0.3) is 0 Å². The van der Waals surface area contributed by atoms with E-state index in [0.29, 0.717) is 5.56 Å². The number of amides is 1. The van der Waals surface area contributed by atoms with E-state index in [9.17, 15) is 18.0 Å². The summed E-state index contributed by atoms with van der Waals surface area (Å²) >= 11 is 3.23. The van der Waals surface area contributed by atoms with Crippen LogP contribution in [0.5, 0.6) is 0 Å². The molecule has 0 fully saturated rings. The van der Waals surface area contributed by atoms with Crippen LogP contribution in [-0.4, -0.2) is 11.4 Å². The van der Waals surface area contributed by atoms with Gasteiger partial charge in [-0.3, -0.25) is 4.79 Å². The van der Waals surface area contributed by atoms with Gasteiger partial charge in [-0.25, -0.2) is 0 Å². The number of alkyl halides is 3. The summed E-state index contributed by atoms with van der Waals surface area (Å²) in [6.45, 7) is 0. The lowest BCUT2D eigenvalue weighted by atomic mass is 10.3. The van der Waals surface area contributed by atoms with Crippen LogP contribution in [0.2, 0.25) is 0 Å². The zero-order valence-electron chi connectivity index (χ0n) is 9.70. The summed E-state index contributed by atoms with van der Waals surface area (Å²) in [6, 6.07) is 7.53. The van der Waals surface area contributed by atoms with Crippen LogP contribution < -0.4 is 5.32 Å². The molecule has 1 aromatic heterocycles. The second kappa shape index (κ2) is 6.35. The molecule has 8 heteroatoms. The van der Waals surface area contributed by atoms with Crippen LogP contribution in [0, 0.1) is 2.88 Å². The minimum Gasteiger partial charge on any atom is -0.321 e. The summed E-state index contributed by atoms with van der Waals surface area (Å²) in [5.74, 6) is -0.417. The van der Waals surface area contributed by atoms with Crippen molar-refractivity contribution < 1.29 is 18.0 Å². The molecule has 1 heterocycles. The lowest BCUT2D eigenvalue weighted by Gasteiger charge is -2.11. The highest BCUT2D eigenvalue weighted by molar-refractivity contribution is 14.1. The molecule has 0 radical (unpaired) electrons. The molecule has 2 rings (SSSR count). The first-order valence-corrected chi connectivity index (χ1v) is 8.03. The minimum atomic E-state index is -4.39. The van der Waals surface area contributed by atoms with Gasteiger partial charge in [0, 0.05) is 10.3 Å². The number of anilines is 1. The van der Waals surface area contributed by atoms with Crippen molar-refractivity contribution in [3.05, 3.63) is 44.2 Å². The largest absolute Gasteiger partial charge is 0.446 e. The number of thioether (sulfide) groups is 1.